The first-order valence-corrected chi connectivity index (χ1v) is 8.74. The van der Waals surface area contributed by atoms with Gasteiger partial charge in [0, 0.05) is 12.1 Å². The van der Waals surface area contributed by atoms with Gasteiger partial charge in [-0.1, -0.05) is 12.1 Å². The lowest BCUT2D eigenvalue weighted by atomic mass is 10.0. The molecule has 4 N–H and O–H groups in total. The second-order valence-electron chi connectivity index (χ2n) is 5.45. The van der Waals surface area contributed by atoms with Crippen molar-refractivity contribution in [2.45, 2.75) is 25.0 Å². The number of nitrogens with one attached hydrogen (secondary N) is 2. The number of nitrogens with two attached hydrogens (primary N) is 1. The van der Waals surface area contributed by atoms with E-state index in [-0.39, 0.29) is 24.1 Å². The number of amides is 1. The topological polar surface area (TPSA) is 101 Å². The Morgan fingerprint density at radius 1 is 1.32 bits per heavy atom. The van der Waals surface area contributed by atoms with Crippen molar-refractivity contribution < 1.29 is 13.2 Å². The number of anilines is 1. The van der Waals surface area contributed by atoms with Crippen molar-refractivity contribution in [2.75, 3.05) is 18.4 Å². The zero-order chi connectivity index (χ0) is 15.3. The minimum Gasteiger partial charge on any atom is -0.326 e. The first-order valence-electron chi connectivity index (χ1n) is 7.02. The standard InChI is InChI=1S/C14H21N3O3S.ClH/c15-21(19,20)10-12-1-4-13(5-2-12)17-14(18)6-3-11-7-8-16-9-11;/h1-2,4-5,11,16H,3,6-10H2,(H,17,18)(H2,15,19,20);1H. The van der Waals surface area contributed by atoms with Gasteiger partial charge in [0.05, 0.1) is 5.75 Å². The van der Waals surface area contributed by atoms with Crippen LogP contribution in [0, 0.1) is 5.92 Å². The molecule has 1 unspecified atom stereocenters. The van der Waals surface area contributed by atoms with Crippen LogP contribution in [0.4, 0.5) is 5.69 Å². The summed E-state index contributed by atoms with van der Waals surface area (Å²) in [4.78, 5) is 11.8. The summed E-state index contributed by atoms with van der Waals surface area (Å²) in [5.41, 5.74) is 1.27. The number of rotatable bonds is 6. The fourth-order valence-electron chi connectivity index (χ4n) is 2.44. The zero-order valence-corrected chi connectivity index (χ0v) is 13.9. The molecular formula is C14H22ClN3O3S. The van der Waals surface area contributed by atoms with Crippen LogP contribution >= 0.6 is 12.4 Å². The number of carbonyl (C=O) groups is 1. The Morgan fingerprint density at radius 2 is 2.00 bits per heavy atom. The van der Waals surface area contributed by atoms with Crippen LogP contribution in [-0.2, 0) is 20.6 Å². The highest BCUT2D eigenvalue weighted by Crippen LogP contribution is 2.16. The molecule has 0 aromatic heterocycles. The monoisotopic (exact) mass is 347 g/mol. The highest BCUT2D eigenvalue weighted by Gasteiger charge is 2.15. The largest absolute Gasteiger partial charge is 0.326 e. The predicted octanol–water partition coefficient (Wildman–Crippen LogP) is 1.23. The number of sulfonamides is 1. The second kappa shape index (κ2) is 8.47. The van der Waals surface area contributed by atoms with Crippen LogP contribution < -0.4 is 15.8 Å². The number of hydrogen-bond donors (Lipinski definition) is 3. The molecule has 6 nitrogen and oxygen atoms in total. The van der Waals surface area contributed by atoms with Crippen molar-refractivity contribution in [1.29, 1.82) is 0 Å². The minimum absolute atomic E-state index is 0. The normalized spacial score (nSPS) is 17.8. The molecule has 1 atom stereocenters. The van der Waals surface area contributed by atoms with Crippen molar-refractivity contribution in [1.82, 2.24) is 5.32 Å². The molecule has 1 amide bonds. The van der Waals surface area contributed by atoms with Gasteiger partial charge in [0.1, 0.15) is 0 Å². The quantitative estimate of drug-likeness (QED) is 0.720. The van der Waals surface area contributed by atoms with Gasteiger partial charge in [-0.2, -0.15) is 0 Å². The molecule has 124 valence electrons. The van der Waals surface area contributed by atoms with Crippen LogP contribution in [-0.4, -0.2) is 27.4 Å². The van der Waals surface area contributed by atoms with Crippen LogP contribution in [0.15, 0.2) is 24.3 Å². The summed E-state index contributed by atoms with van der Waals surface area (Å²) in [6, 6.07) is 6.69. The van der Waals surface area contributed by atoms with E-state index in [1.165, 1.54) is 0 Å². The molecule has 1 aliphatic rings. The first-order chi connectivity index (χ1) is 9.92. The average molecular weight is 348 g/mol. The van der Waals surface area contributed by atoms with E-state index in [9.17, 15) is 13.2 Å². The van der Waals surface area contributed by atoms with Gasteiger partial charge in [0.25, 0.3) is 0 Å². The van der Waals surface area contributed by atoms with Gasteiger partial charge in [-0.25, -0.2) is 13.6 Å². The lowest BCUT2D eigenvalue weighted by Crippen LogP contribution is -2.15. The molecular weight excluding hydrogens is 326 g/mol. The van der Waals surface area contributed by atoms with E-state index >= 15 is 0 Å². The summed E-state index contributed by atoms with van der Waals surface area (Å²) in [6.07, 6.45) is 2.53. The highest BCUT2D eigenvalue weighted by atomic mass is 35.5. The number of hydrogen-bond acceptors (Lipinski definition) is 4. The third kappa shape index (κ3) is 6.74. The van der Waals surface area contributed by atoms with E-state index in [2.05, 4.69) is 10.6 Å². The molecule has 1 saturated heterocycles. The summed E-state index contributed by atoms with van der Waals surface area (Å²) in [7, 11) is -3.52. The fourth-order valence-corrected chi connectivity index (χ4v) is 3.09. The van der Waals surface area contributed by atoms with Gasteiger partial charge in [-0.15, -0.1) is 12.4 Å². The summed E-state index contributed by atoms with van der Waals surface area (Å²) in [5.74, 6) is 0.379. The lowest BCUT2D eigenvalue weighted by Gasteiger charge is -2.09. The smallest absolute Gasteiger partial charge is 0.224 e. The van der Waals surface area contributed by atoms with Gasteiger partial charge >= 0.3 is 0 Å². The van der Waals surface area contributed by atoms with E-state index in [0.717, 1.165) is 25.9 Å². The molecule has 0 aliphatic carbocycles. The molecule has 0 spiro atoms. The maximum absolute atomic E-state index is 11.8. The maximum atomic E-state index is 11.8. The Morgan fingerprint density at radius 3 is 2.55 bits per heavy atom. The summed E-state index contributed by atoms with van der Waals surface area (Å²) >= 11 is 0. The van der Waals surface area contributed by atoms with Crippen LogP contribution in [0.2, 0.25) is 0 Å². The number of benzene rings is 1. The minimum atomic E-state index is -3.52. The van der Waals surface area contributed by atoms with Crippen molar-refractivity contribution in [3.05, 3.63) is 29.8 Å². The van der Waals surface area contributed by atoms with Crippen molar-refractivity contribution >= 4 is 34.0 Å². The van der Waals surface area contributed by atoms with E-state index in [1.807, 2.05) is 0 Å². The van der Waals surface area contributed by atoms with Crippen LogP contribution in [0.1, 0.15) is 24.8 Å². The Hall–Kier alpha value is -1.15. The lowest BCUT2D eigenvalue weighted by molar-refractivity contribution is -0.116. The number of halogens is 1. The van der Waals surface area contributed by atoms with Crippen molar-refractivity contribution in [2.24, 2.45) is 11.1 Å². The Bertz CT molecular complexity index is 584. The maximum Gasteiger partial charge on any atom is 0.224 e. The Balaban J connectivity index is 0.00000242. The van der Waals surface area contributed by atoms with Gasteiger partial charge in [0.2, 0.25) is 15.9 Å². The molecule has 0 radical (unpaired) electrons. The molecule has 1 fully saturated rings. The van der Waals surface area contributed by atoms with Crippen LogP contribution in [0.3, 0.4) is 0 Å². The molecule has 0 saturated carbocycles. The van der Waals surface area contributed by atoms with Crippen molar-refractivity contribution in [3.63, 3.8) is 0 Å². The summed E-state index contributed by atoms with van der Waals surface area (Å²) in [5, 5.41) is 11.1. The number of primary sulfonamides is 1. The van der Waals surface area contributed by atoms with E-state index in [1.54, 1.807) is 24.3 Å². The third-order valence-electron chi connectivity index (χ3n) is 3.55. The summed E-state index contributed by atoms with van der Waals surface area (Å²) in [6.45, 7) is 2.04. The van der Waals surface area contributed by atoms with Gasteiger partial charge in [-0.3, -0.25) is 4.79 Å². The van der Waals surface area contributed by atoms with Gasteiger partial charge in [-0.05, 0) is 49.5 Å². The Kier molecular flexibility index (Phi) is 7.28. The van der Waals surface area contributed by atoms with Gasteiger partial charge < -0.3 is 10.6 Å². The van der Waals surface area contributed by atoms with Crippen LogP contribution in [0.5, 0.6) is 0 Å². The molecule has 1 aliphatic heterocycles. The predicted molar refractivity (Wildman–Crippen MR) is 89.3 cm³/mol. The molecule has 1 heterocycles. The fraction of sp³-hybridized carbons (Fsp3) is 0.500. The molecule has 2 rings (SSSR count). The third-order valence-corrected chi connectivity index (χ3v) is 4.28. The first kappa shape index (κ1) is 18.9. The zero-order valence-electron chi connectivity index (χ0n) is 12.2. The molecule has 0 bridgehead atoms. The molecule has 8 heteroatoms. The van der Waals surface area contributed by atoms with E-state index in [0.29, 0.717) is 23.6 Å². The SMILES string of the molecule is Cl.NS(=O)(=O)Cc1ccc(NC(=O)CCC2CCNC2)cc1. The molecule has 22 heavy (non-hydrogen) atoms. The second-order valence-corrected chi connectivity index (χ2v) is 7.06. The molecule has 1 aromatic carbocycles. The van der Waals surface area contributed by atoms with Crippen LogP contribution in [0.25, 0.3) is 0 Å². The van der Waals surface area contributed by atoms with Gasteiger partial charge in [0.15, 0.2) is 0 Å². The Labute approximate surface area is 137 Å². The number of carbonyl (C=O) groups excluding carboxylic acids is 1. The molecule has 1 aromatic rings. The van der Waals surface area contributed by atoms with E-state index in [4.69, 9.17) is 5.14 Å². The van der Waals surface area contributed by atoms with Crippen molar-refractivity contribution in [3.8, 4) is 0 Å². The summed E-state index contributed by atoms with van der Waals surface area (Å²) < 4.78 is 22.0. The highest BCUT2D eigenvalue weighted by molar-refractivity contribution is 7.88. The average Bonchev–Trinajstić information content (AvgIpc) is 2.90. The van der Waals surface area contributed by atoms with E-state index < -0.39 is 10.0 Å².